The van der Waals surface area contributed by atoms with Gasteiger partial charge in [-0.1, -0.05) is 0 Å². The van der Waals surface area contributed by atoms with Crippen molar-refractivity contribution in [2.24, 2.45) is 0 Å². The molecule has 0 aliphatic heterocycles. The van der Waals surface area contributed by atoms with Crippen LogP contribution in [0.25, 0.3) is 11.3 Å². The maximum atomic E-state index is 12.4. The fourth-order valence-electron chi connectivity index (χ4n) is 2.90. The molecule has 0 fully saturated rings. The highest BCUT2D eigenvalue weighted by molar-refractivity contribution is 6.02. The van der Waals surface area contributed by atoms with Crippen LogP contribution in [0.5, 0.6) is 0 Å². The van der Waals surface area contributed by atoms with Gasteiger partial charge < -0.3 is 14.6 Å². The van der Waals surface area contributed by atoms with E-state index in [9.17, 15) is 14.9 Å². The molecule has 0 atom stereocenters. The number of nitro groups is 1. The average molecular weight is 379 g/mol. The van der Waals surface area contributed by atoms with E-state index in [4.69, 9.17) is 4.42 Å². The Bertz CT molecular complexity index is 958. The first-order valence-electron chi connectivity index (χ1n) is 9.02. The van der Waals surface area contributed by atoms with E-state index in [1.165, 1.54) is 12.1 Å². The molecule has 1 amide bonds. The molecule has 28 heavy (non-hydrogen) atoms. The van der Waals surface area contributed by atoms with Crippen LogP contribution in [0.3, 0.4) is 0 Å². The topological polar surface area (TPSA) is 88.6 Å². The molecular weight excluding hydrogens is 358 g/mol. The van der Waals surface area contributed by atoms with E-state index < -0.39 is 4.92 Å². The fourth-order valence-corrected chi connectivity index (χ4v) is 2.90. The minimum atomic E-state index is -0.462. The van der Waals surface area contributed by atoms with Crippen LogP contribution in [0.1, 0.15) is 24.4 Å². The lowest BCUT2D eigenvalue weighted by atomic mass is 10.1. The van der Waals surface area contributed by atoms with Crippen LogP contribution in [0.4, 0.5) is 17.1 Å². The number of furan rings is 1. The van der Waals surface area contributed by atoms with E-state index in [-0.39, 0.29) is 17.4 Å². The quantitative estimate of drug-likeness (QED) is 0.463. The molecule has 0 radical (unpaired) electrons. The number of benzene rings is 2. The van der Waals surface area contributed by atoms with Crippen LogP contribution in [0.15, 0.2) is 65.1 Å². The van der Waals surface area contributed by atoms with E-state index in [2.05, 4.69) is 24.1 Å². The second-order valence-electron chi connectivity index (χ2n) is 6.14. The number of hydrogen-bond acceptors (Lipinski definition) is 5. The third-order valence-corrected chi connectivity index (χ3v) is 4.45. The summed E-state index contributed by atoms with van der Waals surface area (Å²) >= 11 is 0. The summed E-state index contributed by atoms with van der Waals surface area (Å²) in [6.45, 7) is 6.03. The van der Waals surface area contributed by atoms with Crippen LogP contribution < -0.4 is 10.2 Å². The first-order valence-corrected chi connectivity index (χ1v) is 9.02. The van der Waals surface area contributed by atoms with Gasteiger partial charge in [-0.3, -0.25) is 14.9 Å². The van der Waals surface area contributed by atoms with Gasteiger partial charge in [0.2, 0.25) is 0 Å². The zero-order valence-corrected chi connectivity index (χ0v) is 15.7. The van der Waals surface area contributed by atoms with Gasteiger partial charge in [0.05, 0.1) is 4.92 Å². The normalized spacial score (nSPS) is 10.5. The number of amides is 1. The van der Waals surface area contributed by atoms with Gasteiger partial charge in [0, 0.05) is 42.2 Å². The second-order valence-corrected chi connectivity index (χ2v) is 6.14. The summed E-state index contributed by atoms with van der Waals surface area (Å²) in [5, 5.41) is 13.5. The van der Waals surface area contributed by atoms with Crippen LogP contribution in [0, 0.1) is 10.1 Å². The standard InChI is InChI=1S/C21H21N3O4/c1-3-23(4-2)17-11-7-16(8-12-17)22-21(25)20-14-13-19(28-20)15-5-9-18(10-6-15)24(26)27/h5-14H,3-4H2,1-2H3,(H,22,25). The van der Waals surface area contributed by atoms with E-state index >= 15 is 0 Å². The number of hydrogen-bond donors (Lipinski definition) is 1. The summed E-state index contributed by atoms with van der Waals surface area (Å²) in [5.74, 6) is 0.279. The number of nitro benzene ring substituents is 1. The number of carbonyl (C=O) groups is 1. The van der Waals surface area contributed by atoms with Gasteiger partial charge in [0.15, 0.2) is 5.76 Å². The smallest absolute Gasteiger partial charge is 0.291 e. The molecule has 144 valence electrons. The lowest BCUT2D eigenvalue weighted by molar-refractivity contribution is -0.384. The largest absolute Gasteiger partial charge is 0.451 e. The third-order valence-electron chi connectivity index (χ3n) is 4.45. The molecule has 0 saturated heterocycles. The molecule has 0 unspecified atom stereocenters. The van der Waals surface area contributed by atoms with Crippen molar-refractivity contribution in [3.05, 3.63) is 76.5 Å². The van der Waals surface area contributed by atoms with Crippen LogP contribution in [0.2, 0.25) is 0 Å². The van der Waals surface area contributed by atoms with E-state index in [1.54, 1.807) is 24.3 Å². The SMILES string of the molecule is CCN(CC)c1ccc(NC(=O)c2ccc(-c3ccc([N+](=O)[O-])cc3)o2)cc1. The molecule has 0 bridgehead atoms. The summed E-state index contributed by atoms with van der Waals surface area (Å²) in [4.78, 5) is 24.9. The molecule has 3 rings (SSSR count). The molecule has 0 aliphatic rings. The highest BCUT2D eigenvalue weighted by Crippen LogP contribution is 2.25. The van der Waals surface area contributed by atoms with Gasteiger partial charge in [0.25, 0.3) is 11.6 Å². The Hall–Kier alpha value is -3.61. The molecule has 1 aromatic heterocycles. The van der Waals surface area contributed by atoms with Crippen molar-refractivity contribution in [1.29, 1.82) is 0 Å². The summed E-state index contributed by atoms with van der Waals surface area (Å²) < 4.78 is 5.61. The Morgan fingerprint density at radius 3 is 2.21 bits per heavy atom. The van der Waals surface area contributed by atoms with Gasteiger partial charge in [-0.05, 0) is 62.4 Å². The lowest BCUT2D eigenvalue weighted by Gasteiger charge is -2.21. The summed E-state index contributed by atoms with van der Waals surface area (Å²) in [7, 11) is 0. The molecule has 0 saturated carbocycles. The van der Waals surface area contributed by atoms with Crippen molar-refractivity contribution in [1.82, 2.24) is 0 Å². The lowest BCUT2D eigenvalue weighted by Crippen LogP contribution is -2.21. The minimum absolute atomic E-state index is 0.00133. The predicted octanol–water partition coefficient (Wildman–Crippen LogP) is 4.95. The van der Waals surface area contributed by atoms with Crippen molar-refractivity contribution in [3.8, 4) is 11.3 Å². The maximum Gasteiger partial charge on any atom is 0.291 e. The zero-order chi connectivity index (χ0) is 20.1. The maximum absolute atomic E-state index is 12.4. The zero-order valence-electron chi connectivity index (χ0n) is 15.7. The first kappa shape index (κ1) is 19.2. The van der Waals surface area contributed by atoms with Gasteiger partial charge in [-0.15, -0.1) is 0 Å². The van der Waals surface area contributed by atoms with Crippen molar-refractivity contribution < 1.29 is 14.1 Å². The van der Waals surface area contributed by atoms with E-state index in [0.717, 1.165) is 18.8 Å². The summed E-state index contributed by atoms with van der Waals surface area (Å²) in [5.41, 5.74) is 2.44. The number of anilines is 2. The van der Waals surface area contributed by atoms with Crippen molar-refractivity contribution in [3.63, 3.8) is 0 Å². The molecular formula is C21H21N3O4. The van der Waals surface area contributed by atoms with Gasteiger partial charge in [0.1, 0.15) is 5.76 Å². The predicted molar refractivity (Wildman–Crippen MR) is 109 cm³/mol. The number of rotatable bonds is 7. The first-order chi connectivity index (χ1) is 13.5. The number of nitrogens with one attached hydrogen (secondary N) is 1. The molecule has 7 nitrogen and oxygen atoms in total. The highest BCUT2D eigenvalue weighted by Gasteiger charge is 2.14. The van der Waals surface area contributed by atoms with Crippen molar-refractivity contribution in [2.75, 3.05) is 23.3 Å². The molecule has 0 aliphatic carbocycles. The molecule has 1 N–H and O–H groups in total. The number of non-ortho nitro benzene ring substituents is 1. The average Bonchev–Trinajstić information content (AvgIpc) is 3.20. The van der Waals surface area contributed by atoms with Gasteiger partial charge in [-0.2, -0.15) is 0 Å². The Morgan fingerprint density at radius 1 is 1.00 bits per heavy atom. The molecule has 0 spiro atoms. The molecule has 7 heteroatoms. The Kier molecular flexibility index (Phi) is 5.74. The van der Waals surface area contributed by atoms with E-state index in [1.807, 2.05) is 24.3 Å². The van der Waals surface area contributed by atoms with Crippen LogP contribution >= 0.6 is 0 Å². The van der Waals surface area contributed by atoms with Crippen LogP contribution in [-0.2, 0) is 0 Å². The minimum Gasteiger partial charge on any atom is -0.451 e. The fraction of sp³-hybridized carbons (Fsp3) is 0.190. The summed E-state index contributed by atoms with van der Waals surface area (Å²) in [6.07, 6.45) is 0. The molecule has 3 aromatic rings. The van der Waals surface area contributed by atoms with Gasteiger partial charge >= 0.3 is 0 Å². The van der Waals surface area contributed by atoms with Crippen molar-refractivity contribution in [2.45, 2.75) is 13.8 Å². The number of carbonyl (C=O) groups excluding carboxylic acids is 1. The molecule has 2 aromatic carbocycles. The Labute approximate surface area is 162 Å². The van der Waals surface area contributed by atoms with Crippen molar-refractivity contribution >= 4 is 23.0 Å². The van der Waals surface area contributed by atoms with Crippen LogP contribution in [-0.4, -0.2) is 23.9 Å². The molecule has 1 heterocycles. The summed E-state index contributed by atoms with van der Waals surface area (Å²) in [6, 6.07) is 16.9. The third kappa shape index (κ3) is 4.20. The van der Waals surface area contributed by atoms with E-state index in [0.29, 0.717) is 17.0 Å². The highest BCUT2D eigenvalue weighted by atomic mass is 16.6. The number of nitrogens with zero attached hydrogens (tertiary/aromatic N) is 2. The second kappa shape index (κ2) is 8.39. The van der Waals surface area contributed by atoms with Gasteiger partial charge in [-0.25, -0.2) is 0 Å². The Morgan fingerprint density at radius 2 is 1.64 bits per heavy atom. The monoisotopic (exact) mass is 379 g/mol. The Balaban J connectivity index is 1.69.